The van der Waals surface area contributed by atoms with Crippen LogP contribution in [0, 0.1) is 35.6 Å². The molecule has 0 bridgehead atoms. The van der Waals surface area contributed by atoms with Gasteiger partial charge in [0.2, 0.25) is 0 Å². The molecule has 0 aliphatic rings. The molecular formula is CoLaMnO4Sr+5. The van der Waals surface area contributed by atoms with Crippen LogP contribution in [-0.2, 0) is 37.8 Å². The molecule has 0 aliphatic carbocycles. The molecule has 8 heavy (non-hydrogen) atoms. The Kier molecular flexibility index (Phi) is 28.7. The van der Waals surface area contributed by atoms with E-state index in [0.717, 1.165) is 0 Å². The van der Waals surface area contributed by atoms with Gasteiger partial charge in [-0.3, -0.25) is 0 Å². The van der Waals surface area contributed by atoms with E-state index in [-0.39, 0.29) is 97.9 Å². The van der Waals surface area contributed by atoms with Crippen molar-refractivity contribution in [1.29, 1.82) is 0 Å². The molecule has 0 rings (SSSR count). The fourth-order valence-electron chi connectivity index (χ4n) is 0. The van der Waals surface area contributed by atoms with E-state index in [1.165, 1.54) is 0 Å². The van der Waals surface area contributed by atoms with Crippen molar-refractivity contribution in [3.63, 3.8) is 0 Å². The number of rotatable bonds is 0. The van der Waals surface area contributed by atoms with Gasteiger partial charge in [-0.05, 0) is 0 Å². The smallest absolute Gasteiger partial charge is 2.00 e. The van der Waals surface area contributed by atoms with E-state index in [0.29, 0.717) is 0 Å². The SMILES string of the molecule is [Co+2].[La+3].[O]=[Mn](=[O])([O-])[O-].[Sr+2]. The zero-order valence-corrected chi connectivity index (χ0v) is 13.0. The molecule has 8 heteroatoms. The van der Waals surface area contributed by atoms with Gasteiger partial charge >= 0.3 is 127 Å². The van der Waals surface area contributed by atoms with Crippen molar-refractivity contribution in [3.8, 4) is 0 Å². The van der Waals surface area contributed by atoms with Crippen LogP contribution in [0.25, 0.3) is 0 Å². The quantitative estimate of drug-likeness (QED) is 0.403. The van der Waals surface area contributed by atoms with Crippen molar-refractivity contribution in [2.45, 2.75) is 0 Å². The Bertz CT molecular complexity index is 99.2. The molecule has 0 spiro atoms. The average Bonchev–Trinajstić information content (AvgIpc) is 0.722. The fourth-order valence-corrected chi connectivity index (χ4v) is 0. The summed E-state index contributed by atoms with van der Waals surface area (Å²) in [5, 5.41) is 0. The van der Waals surface area contributed by atoms with Gasteiger partial charge in [-0.1, -0.05) is 0 Å². The molecule has 0 heterocycles. The van der Waals surface area contributed by atoms with Gasteiger partial charge in [-0.15, -0.1) is 0 Å². The Morgan fingerprint density at radius 2 is 1.12 bits per heavy atom. The Hall–Kier alpha value is 3.22. The van der Waals surface area contributed by atoms with E-state index in [1.807, 2.05) is 0 Å². The van der Waals surface area contributed by atoms with E-state index >= 15 is 0 Å². The largest absolute Gasteiger partial charge is 2.00 e. The maximum Gasteiger partial charge on any atom is 2.00 e. The molecule has 0 atom stereocenters. The van der Waals surface area contributed by atoms with E-state index in [2.05, 4.69) is 0 Å². The van der Waals surface area contributed by atoms with Crippen LogP contribution in [0.5, 0.6) is 0 Å². The predicted molar refractivity (Wildman–Crippen MR) is 7.13 cm³/mol. The van der Waals surface area contributed by atoms with Crippen LogP contribution >= 0.6 is 0 Å². The summed E-state index contributed by atoms with van der Waals surface area (Å²) in [6.45, 7) is 0. The van der Waals surface area contributed by atoms with Crippen LogP contribution in [-0.4, -0.2) is 45.5 Å². The van der Waals surface area contributed by atoms with Gasteiger partial charge in [0.1, 0.15) is 0 Å². The molecule has 0 aromatic carbocycles. The first-order chi connectivity index (χ1) is 2.00. The number of hydrogen-bond donors (Lipinski definition) is 0. The Morgan fingerprint density at radius 3 is 1.12 bits per heavy atom. The van der Waals surface area contributed by atoms with Gasteiger partial charge in [-0.2, -0.15) is 0 Å². The molecule has 0 fully saturated rings. The third-order valence-electron chi connectivity index (χ3n) is 0. The summed E-state index contributed by atoms with van der Waals surface area (Å²) in [7, 11) is 0. The van der Waals surface area contributed by atoms with Crippen molar-refractivity contribution in [2.24, 2.45) is 0 Å². The summed E-state index contributed by atoms with van der Waals surface area (Å²) in [5.41, 5.74) is 0. The molecular weight excluding hydrogens is 404 g/mol. The monoisotopic (exact) mass is 405 g/mol. The molecule has 0 N–H and O–H groups in total. The van der Waals surface area contributed by atoms with Crippen LogP contribution in [0.1, 0.15) is 0 Å². The second kappa shape index (κ2) is 10.2. The van der Waals surface area contributed by atoms with Crippen molar-refractivity contribution in [3.05, 3.63) is 0 Å². The van der Waals surface area contributed by atoms with E-state index in [4.69, 9.17) is 16.0 Å². The standard InChI is InChI=1S/Co.La.Mn.4O.Sr/q+2;+3;;;;2*-1;+2. The fraction of sp³-hybridized carbons (Fsp3) is 0. The van der Waals surface area contributed by atoms with E-state index in [9.17, 15) is 0 Å². The minimum absolute atomic E-state index is 0. The van der Waals surface area contributed by atoms with Gasteiger partial charge < -0.3 is 0 Å². The third kappa shape index (κ3) is 60.1. The molecule has 0 unspecified atom stereocenters. The van der Waals surface area contributed by atoms with Crippen molar-refractivity contribution in [2.75, 3.05) is 0 Å². The second-order valence-electron chi connectivity index (χ2n) is 0.378. The van der Waals surface area contributed by atoms with Crippen LogP contribution in [0.15, 0.2) is 0 Å². The topological polar surface area (TPSA) is 80.3 Å². The van der Waals surface area contributed by atoms with Gasteiger partial charge in [-0.25, -0.2) is 0 Å². The van der Waals surface area contributed by atoms with Gasteiger partial charge in [0.25, 0.3) is 0 Å². The Morgan fingerprint density at radius 1 is 1.12 bits per heavy atom. The molecule has 0 saturated carbocycles. The van der Waals surface area contributed by atoms with Crippen LogP contribution in [0.3, 0.4) is 0 Å². The molecule has 0 saturated heterocycles. The zero-order chi connectivity index (χ0) is 4.50. The van der Waals surface area contributed by atoms with Gasteiger partial charge in [0.15, 0.2) is 0 Å². The minimum Gasteiger partial charge on any atom is 2.00 e. The summed E-state index contributed by atoms with van der Waals surface area (Å²) >= 11 is -5.62. The molecule has 0 aromatic rings. The van der Waals surface area contributed by atoms with Crippen LogP contribution in [0.4, 0.5) is 0 Å². The van der Waals surface area contributed by atoms with Crippen molar-refractivity contribution >= 4 is 45.5 Å². The zero-order valence-electron chi connectivity index (χ0n) is 3.63. The predicted octanol–water partition coefficient (Wildman–Crippen LogP) is -3.00. The third-order valence-corrected chi connectivity index (χ3v) is 0. The van der Waals surface area contributed by atoms with Crippen LogP contribution < -0.4 is 8.38 Å². The van der Waals surface area contributed by atoms with Crippen molar-refractivity contribution in [1.82, 2.24) is 0 Å². The minimum atomic E-state index is -5.62. The summed E-state index contributed by atoms with van der Waals surface area (Å²) in [6.07, 6.45) is 0. The summed E-state index contributed by atoms with van der Waals surface area (Å²) in [4.78, 5) is 0. The maximum atomic E-state index is 8.58. The normalized spacial score (nSPS) is 7.25. The molecule has 4 nitrogen and oxygen atoms in total. The number of hydrogen-bond acceptors (Lipinski definition) is 4. The van der Waals surface area contributed by atoms with Gasteiger partial charge in [0.05, 0.1) is 0 Å². The van der Waals surface area contributed by atoms with Crippen LogP contribution in [0.2, 0.25) is 0 Å². The van der Waals surface area contributed by atoms with E-state index in [1.54, 1.807) is 0 Å². The Labute approximate surface area is 124 Å². The van der Waals surface area contributed by atoms with E-state index < -0.39 is 13.4 Å². The first kappa shape index (κ1) is 22.5. The molecule has 0 aliphatic heterocycles. The first-order valence-electron chi connectivity index (χ1n) is 0.617. The summed E-state index contributed by atoms with van der Waals surface area (Å²) < 4.78 is 34.3. The first-order valence-corrected chi connectivity index (χ1v) is 2.54. The summed E-state index contributed by atoms with van der Waals surface area (Å²) in [5.74, 6) is 0. The Balaban J connectivity index is -0.0000000267. The molecule has 0 aromatic heterocycles. The second-order valence-corrected chi connectivity index (χ2v) is 1.56. The maximum absolute atomic E-state index is 8.58. The summed E-state index contributed by atoms with van der Waals surface area (Å²) in [6, 6.07) is 0. The average molecular weight is 404 g/mol. The van der Waals surface area contributed by atoms with Gasteiger partial charge in [0, 0.05) is 0 Å². The molecule has 1 radical (unpaired) electrons. The van der Waals surface area contributed by atoms with Crippen molar-refractivity contribution < 1.29 is 81.8 Å². The molecule has 0 amide bonds. The molecule has 40 valence electrons.